The van der Waals surface area contributed by atoms with E-state index in [0.717, 1.165) is 20.2 Å². The fraction of sp³-hybridized carbons (Fsp3) is 0.227. The number of ether oxygens (including phenoxy) is 1. The minimum atomic E-state index is -0.406. The Kier molecular flexibility index (Phi) is 5.69. The van der Waals surface area contributed by atoms with Crippen LogP contribution in [0.1, 0.15) is 17.0 Å². The molecule has 0 fully saturated rings. The first-order valence-corrected chi connectivity index (χ1v) is 10.3. The van der Waals surface area contributed by atoms with Crippen LogP contribution in [0, 0.1) is 0 Å². The lowest BCUT2D eigenvalue weighted by atomic mass is 10.2. The molecule has 0 atom stereocenters. The number of benzene rings is 2. The first kappa shape index (κ1) is 20.3. The Bertz CT molecular complexity index is 1320. The molecule has 154 valence electrons. The van der Waals surface area contributed by atoms with Crippen LogP contribution in [0.25, 0.3) is 11.2 Å². The van der Waals surface area contributed by atoms with Gasteiger partial charge in [0, 0.05) is 25.1 Å². The second kappa shape index (κ2) is 8.41. The Morgan fingerprint density at radius 3 is 2.40 bits per heavy atom. The van der Waals surface area contributed by atoms with Gasteiger partial charge in [-0.1, -0.05) is 58.4 Å². The molecule has 0 unspecified atom stereocenters. The number of hydrogen-bond acceptors (Lipinski definition) is 4. The highest BCUT2D eigenvalue weighted by Crippen LogP contribution is 2.18. The van der Waals surface area contributed by atoms with Crippen LogP contribution in [-0.4, -0.2) is 18.7 Å². The van der Waals surface area contributed by atoms with Gasteiger partial charge in [-0.3, -0.25) is 13.9 Å². The van der Waals surface area contributed by atoms with E-state index < -0.39 is 5.69 Å². The van der Waals surface area contributed by atoms with Gasteiger partial charge < -0.3 is 9.30 Å². The fourth-order valence-electron chi connectivity index (χ4n) is 3.42. The van der Waals surface area contributed by atoms with E-state index in [9.17, 15) is 9.59 Å². The average molecular weight is 469 g/mol. The molecule has 0 amide bonds. The van der Waals surface area contributed by atoms with Gasteiger partial charge in [-0.05, 0) is 23.3 Å². The van der Waals surface area contributed by atoms with Crippen molar-refractivity contribution in [2.75, 3.05) is 0 Å². The van der Waals surface area contributed by atoms with Crippen molar-refractivity contribution in [3.8, 4) is 0 Å². The zero-order valence-electron chi connectivity index (χ0n) is 16.7. The molecule has 2 aromatic carbocycles. The van der Waals surface area contributed by atoms with Gasteiger partial charge >= 0.3 is 5.69 Å². The molecule has 4 rings (SSSR count). The monoisotopic (exact) mass is 468 g/mol. The smallest absolute Gasteiger partial charge is 0.332 e. The van der Waals surface area contributed by atoms with Crippen LogP contribution in [0.15, 0.2) is 68.7 Å². The van der Waals surface area contributed by atoms with Crippen molar-refractivity contribution in [2.24, 2.45) is 14.1 Å². The number of aryl methyl sites for hydroxylation is 1. The van der Waals surface area contributed by atoms with Gasteiger partial charge in [-0.25, -0.2) is 9.78 Å². The first-order valence-electron chi connectivity index (χ1n) is 9.47. The van der Waals surface area contributed by atoms with Gasteiger partial charge in [0.2, 0.25) is 0 Å². The van der Waals surface area contributed by atoms with Crippen molar-refractivity contribution in [3.63, 3.8) is 0 Å². The molecule has 0 bridgehead atoms. The van der Waals surface area contributed by atoms with Gasteiger partial charge in [-0.2, -0.15) is 0 Å². The SMILES string of the molecule is Cn1c(=O)c2c(nc(COCc3ccccc3)n2Cc2cccc(Br)c2)n(C)c1=O. The second-order valence-corrected chi connectivity index (χ2v) is 8.02. The van der Waals surface area contributed by atoms with E-state index in [4.69, 9.17) is 4.74 Å². The molecule has 0 aliphatic carbocycles. The quantitative estimate of drug-likeness (QED) is 0.436. The highest BCUT2D eigenvalue weighted by atomic mass is 79.9. The van der Waals surface area contributed by atoms with Crippen LogP contribution in [0.2, 0.25) is 0 Å². The van der Waals surface area contributed by atoms with Gasteiger partial charge in [0.25, 0.3) is 5.56 Å². The molecule has 0 N–H and O–H groups in total. The lowest BCUT2D eigenvalue weighted by molar-refractivity contribution is 0.0998. The third-order valence-corrected chi connectivity index (χ3v) is 5.49. The average Bonchev–Trinajstić information content (AvgIpc) is 3.10. The Labute approximate surface area is 181 Å². The molecule has 7 nitrogen and oxygen atoms in total. The molecule has 0 aliphatic heterocycles. The summed E-state index contributed by atoms with van der Waals surface area (Å²) in [7, 11) is 3.10. The summed E-state index contributed by atoms with van der Waals surface area (Å²) in [5.41, 5.74) is 2.02. The lowest BCUT2D eigenvalue weighted by Gasteiger charge is -2.11. The van der Waals surface area contributed by atoms with Gasteiger partial charge in [-0.15, -0.1) is 0 Å². The van der Waals surface area contributed by atoms with Crippen molar-refractivity contribution in [2.45, 2.75) is 19.8 Å². The summed E-state index contributed by atoms with van der Waals surface area (Å²) in [5.74, 6) is 0.596. The number of aromatic nitrogens is 4. The van der Waals surface area contributed by atoms with Crippen molar-refractivity contribution in [1.82, 2.24) is 18.7 Å². The topological polar surface area (TPSA) is 71.1 Å². The van der Waals surface area contributed by atoms with E-state index in [1.807, 2.05) is 59.2 Å². The minimum absolute atomic E-state index is 0.217. The number of fused-ring (bicyclic) bond motifs is 1. The van der Waals surface area contributed by atoms with Crippen molar-refractivity contribution in [1.29, 1.82) is 0 Å². The van der Waals surface area contributed by atoms with Gasteiger partial charge in [0.1, 0.15) is 12.4 Å². The third-order valence-electron chi connectivity index (χ3n) is 5.00. The summed E-state index contributed by atoms with van der Waals surface area (Å²) in [6, 6.07) is 17.7. The number of halogens is 1. The highest BCUT2D eigenvalue weighted by Gasteiger charge is 2.19. The maximum atomic E-state index is 12.9. The molecule has 0 saturated carbocycles. The van der Waals surface area contributed by atoms with Crippen molar-refractivity contribution in [3.05, 3.63) is 96.9 Å². The fourth-order valence-corrected chi connectivity index (χ4v) is 3.87. The molecule has 0 radical (unpaired) electrons. The van der Waals surface area contributed by atoms with Crippen LogP contribution in [0.3, 0.4) is 0 Å². The normalized spacial score (nSPS) is 11.3. The Morgan fingerprint density at radius 2 is 1.67 bits per heavy atom. The molecular weight excluding hydrogens is 448 g/mol. The van der Waals surface area contributed by atoms with Crippen LogP contribution in [-0.2, 0) is 38.6 Å². The van der Waals surface area contributed by atoms with E-state index >= 15 is 0 Å². The summed E-state index contributed by atoms with van der Waals surface area (Å²) in [4.78, 5) is 29.9. The zero-order valence-corrected chi connectivity index (χ0v) is 18.3. The van der Waals surface area contributed by atoms with Crippen LogP contribution in [0.4, 0.5) is 0 Å². The van der Waals surface area contributed by atoms with Crippen molar-refractivity contribution >= 4 is 27.1 Å². The largest absolute Gasteiger partial charge is 0.369 e. The molecule has 0 saturated heterocycles. The second-order valence-electron chi connectivity index (χ2n) is 7.10. The molecule has 2 aromatic heterocycles. The molecule has 0 aliphatic rings. The van der Waals surface area contributed by atoms with E-state index in [1.54, 1.807) is 7.05 Å². The van der Waals surface area contributed by atoms with E-state index in [2.05, 4.69) is 20.9 Å². The minimum Gasteiger partial charge on any atom is -0.369 e. The summed E-state index contributed by atoms with van der Waals surface area (Å²) in [6.45, 7) is 1.08. The Balaban J connectivity index is 1.77. The molecule has 30 heavy (non-hydrogen) atoms. The molecule has 2 heterocycles. The summed E-state index contributed by atoms with van der Waals surface area (Å²) in [5, 5.41) is 0. The van der Waals surface area contributed by atoms with Gasteiger partial charge in [0.15, 0.2) is 11.2 Å². The molecule has 0 spiro atoms. The van der Waals surface area contributed by atoms with Crippen LogP contribution < -0.4 is 11.2 Å². The molecule has 4 aromatic rings. The number of hydrogen-bond donors (Lipinski definition) is 0. The predicted molar refractivity (Wildman–Crippen MR) is 118 cm³/mol. The summed E-state index contributed by atoms with van der Waals surface area (Å²) >= 11 is 3.49. The molecule has 8 heteroatoms. The molecular formula is C22H21BrN4O3. The Morgan fingerprint density at radius 1 is 0.933 bits per heavy atom. The summed E-state index contributed by atoms with van der Waals surface area (Å²) in [6.07, 6.45) is 0. The highest BCUT2D eigenvalue weighted by molar-refractivity contribution is 9.10. The number of imidazole rings is 1. The number of rotatable bonds is 6. The van der Waals surface area contributed by atoms with E-state index in [-0.39, 0.29) is 12.2 Å². The Hall–Kier alpha value is -2.97. The van der Waals surface area contributed by atoms with Crippen LogP contribution >= 0.6 is 15.9 Å². The third kappa shape index (κ3) is 3.88. The van der Waals surface area contributed by atoms with E-state index in [1.165, 1.54) is 11.6 Å². The maximum Gasteiger partial charge on any atom is 0.332 e. The first-order chi connectivity index (χ1) is 14.5. The van der Waals surface area contributed by atoms with Crippen molar-refractivity contribution < 1.29 is 4.74 Å². The van der Waals surface area contributed by atoms with Crippen LogP contribution in [0.5, 0.6) is 0 Å². The lowest BCUT2D eigenvalue weighted by Crippen LogP contribution is -2.37. The standard InChI is InChI=1S/C22H21BrN4O3/c1-25-20-19(21(28)26(2)22(25)29)27(12-16-9-6-10-17(23)11-16)18(24-20)14-30-13-15-7-4-3-5-8-15/h3-11H,12-14H2,1-2H3. The number of nitrogens with zero attached hydrogens (tertiary/aromatic N) is 4. The predicted octanol–water partition coefficient (Wildman–Crippen LogP) is 2.96. The zero-order chi connectivity index (χ0) is 21.3. The maximum absolute atomic E-state index is 12.9. The van der Waals surface area contributed by atoms with E-state index in [0.29, 0.717) is 30.1 Å². The summed E-state index contributed by atoms with van der Waals surface area (Å²) < 4.78 is 11.2. The van der Waals surface area contributed by atoms with Gasteiger partial charge in [0.05, 0.1) is 6.61 Å².